The van der Waals surface area contributed by atoms with Crippen molar-refractivity contribution in [1.82, 2.24) is 4.90 Å². The molecule has 1 amide bonds. The highest BCUT2D eigenvalue weighted by Crippen LogP contribution is 2.24. The van der Waals surface area contributed by atoms with Crippen LogP contribution in [0.25, 0.3) is 0 Å². The summed E-state index contributed by atoms with van der Waals surface area (Å²) in [7, 11) is 2.10. The molecule has 0 unspecified atom stereocenters. The van der Waals surface area contributed by atoms with Crippen LogP contribution in [0, 0.1) is 6.92 Å². The van der Waals surface area contributed by atoms with Crippen LogP contribution in [0.3, 0.4) is 0 Å². The molecule has 0 bridgehead atoms. The van der Waals surface area contributed by atoms with Gasteiger partial charge in [-0.2, -0.15) is 0 Å². The summed E-state index contributed by atoms with van der Waals surface area (Å²) in [6.07, 6.45) is 1.46. The molecule has 0 radical (unpaired) electrons. The zero-order valence-corrected chi connectivity index (χ0v) is 14.0. The molecule has 0 fully saturated rings. The maximum absolute atomic E-state index is 12.6. The number of carbonyl (C=O) groups is 1. The van der Waals surface area contributed by atoms with Crippen LogP contribution in [0.1, 0.15) is 21.7 Å². The summed E-state index contributed by atoms with van der Waals surface area (Å²) >= 11 is 1.79. The Labute approximate surface area is 136 Å². The Bertz CT molecular complexity index is 665. The molecular formula is C18H22N2OS. The van der Waals surface area contributed by atoms with Gasteiger partial charge in [0.1, 0.15) is 0 Å². The maximum atomic E-state index is 12.6. The summed E-state index contributed by atoms with van der Waals surface area (Å²) in [5.74, 6) is 0.260. The number of thiophene rings is 1. The molecule has 3 rings (SSSR count). The molecule has 22 heavy (non-hydrogen) atoms. The number of hydrogen-bond donors (Lipinski definition) is 0. The van der Waals surface area contributed by atoms with Crippen LogP contribution in [0.4, 0.5) is 5.69 Å². The van der Waals surface area contributed by atoms with Gasteiger partial charge < -0.3 is 9.80 Å². The zero-order valence-electron chi connectivity index (χ0n) is 13.2. The molecule has 116 valence electrons. The zero-order chi connectivity index (χ0) is 15.5. The number of para-hydroxylation sites is 1. The SMILES string of the molecule is Cc1ccc(CCC(=O)N2CCN(C)c3ccccc3C2)s1. The molecule has 1 aromatic carbocycles. The van der Waals surface area contributed by atoms with E-state index in [1.165, 1.54) is 21.0 Å². The van der Waals surface area contributed by atoms with Crippen LogP contribution in [-0.2, 0) is 17.8 Å². The molecule has 0 saturated carbocycles. The highest BCUT2D eigenvalue weighted by atomic mass is 32.1. The standard InChI is InChI=1S/C18H22N2OS/c1-14-7-8-16(22-14)9-10-18(21)20-12-11-19(2)17-6-4-3-5-15(17)13-20/h3-8H,9-13H2,1-2H3. The van der Waals surface area contributed by atoms with Crippen molar-refractivity contribution in [3.05, 3.63) is 51.7 Å². The number of fused-ring (bicyclic) bond motifs is 1. The van der Waals surface area contributed by atoms with Crippen LogP contribution in [0.15, 0.2) is 36.4 Å². The number of rotatable bonds is 3. The molecule has 2 aromatic rings. The highest BCUT2D eigenvalue weighted by Gasteiger charge is 2.20. The molecular weight excluding hydrogens is 292 g/mol. The molecule has 0 atom stereocenters. The van der Waals surface area contributed by atoms with E-state index < -0.39 is 0 Å². The fraction of sp³-hybridized carbons (Fsp3) is 0.389. The number of carbonyl (C=O) groups excluding carboxylic acids is 1. The first-order valence-electron chi connectivity index (χ1n) is 7.75. The number of likely N-dealkylation sites (N-methyl/N-ethyl adjacent to an activating group) is 1. The van der Waals surface area contributed by atoms with E-state index in [-0.39, 0.29) is 5.91 Å². The minimum atomic E-state index is 0.260. The Morgan fingerprint density at radius 1 is 1.18 bits per heavy atom. The maximum Gasteiger partial charge on any atom is 0.223 e. The van der Waals surface area contributed by atoms with Gasteiger partial charge in [-0.3, -0.25) is 4.79 Å². The number of hydrogen-bond acceptors (Lipinski definition) is 3. The van der Waals surface area contributed by atoms with Crippen molar-refractivity contribution < 1.29 is 4.79 Å². The van der Waals surface area contributed by atoms with Crippen LogP contribution in [0.2, 0.25) is 0 Å². The third-order valence-electron chi connectivity index (χ3n) is 4.20. The lowest BCUT2D eigenvalue weighted by atomic mass is 10.1. The van der Waals surface area contributed by atoms with Gasteiger partial charge in [0, 0.05) is 48.5 Å². The van der Waals surface area contributed by atoms with Crippen LogP contribution < -0.4 is 4.90 Å². The summed E-state index contributed by atoms with van der Waals surface area (Å²) in [4.78, 5) is 19.4. The summed E-state index contributed by atoms with van der Waals surface area (Å²) in [6.45, 7) is 4.52. The van der Waals surface area contributed by atoms with Crippen molar-refractivity contribution in [2.75, 3.05) is 25.0 Å². The largest absolute Gasteiger partial charge is 0.373 e. The van der Waals surface area contributed by atoms with Gasteiger partial charge in [-0.15, -0.1) is 11.3 Å². The fourth-order valence-corrected chi connectivity index (χ4v) is 3.80. The first-order chi connectivity index (χ1) is 10.6. The van der Waals surface area contributed by atoms with E-state index in [4.69, 9.17) is 0 Å². The Balaban J connectivity index is 1.66. The van der Waals surface area contributed by atoms with E-state index in [1.54, 1.807) is 11.3 Å². The second-order valence-electron chi connectivity index (χ2n) is 5.88. The third kappa shape index (κ3) is 3.33. The van der Waals surface area contributed by atoms with Crippen molar-refractivity contribution in [1.29, 1.82) is 0 Å². The van der Waals surface area contributed by atoms with Gasteiger partial charge >= 0.3 is 0 Å². The number of nitrogens with zero attached hydrogens (tertiary/aromatic N) is 2. The Morgan fingerprint density at radius 3 is 2.77 bits per heavy atom. The van der Waals surface area contributed by atoms with Gasteiger partial charge in [-0.1, -0.05) is 18.2 Å². The van der Waals surface area contributed by atoms with Gasteiger partial charge in [0.25, 0.3) is 0 Å². The van der Waals surface area contributed by atoms with Gasteiger partial charge in [0.2, 0.25) is 5.91 Å². The molecule has 1 aliphatic heterocycles. The number of benzene rings is 1. The lowest BCUT2D eigenvalue weighted by molar-refractivity contribution is -0.131. The van der Waals surface area contributed by atoms with Gasteiger partial charge in [-0.25, -0.2) is 0 Å². The molecule has 0 aliphatic carbocycles. The smallest absolute Gasteiger partial charge is 0.223 e. The molecule has 0 spiro atoms. The number of anilines is 1. The second kappa shape index (κ2) is 6.53. The first kappa shape index (κ1) is 15.1. The first-order valence-corrected chi connectivity index (χ1v) is 8.57. The van der Waals surface area contributed by atoms with Crippen LogP contribution in [0.5, 0.6) is 0 Å². The van der Waals surface area contributed by atoms with Crippen molar-refractivity contribution >= 4 is 22.9 Å². The van der Waals surface area contributed by atoms with Crippen molar-refractivity contribution in [2.24, 2.45) is 0 Å². The number of amides is 1. The molecule has 0 N–H and O–H groups in total. The average molecular weight is 314 g/mol. The minimum absolute atomic E-state index is 0.260. The van der Waals surface area contributed by atoms with E-state index in [1.807, 2.05) is 4.90 Å². The van der Waals surface area contributed by atoms with Gasteiger partial charge in [-0.05, 0) is 37.1 Å². The normalized spacial score (nSPS) is 14.6. The topological polar surface area (TPSA) is 23.6 Å². The summed E-state index contributed by atoms with van der Waals surface area (Å²) in [5.41, 5.74) is 2.48. The van der Waals surface area contributed by atoms with E-state index in [9.17, 15) is 4.79 Å². The fourth-order valence-electron chi connectivity index (χ4n) is 2.91. The van der Waals surface area contributed by atoms with Crippen LogP contribution >= 0.6 is 11.3 Å². The lowest BCUT2D eigenvalue weighted by Crippen LogP contribution is -2.34. The summed E-state index contributed by atoms with van der Waals surface area (Å²) in [5, 5.41) is 0. The Hall–Kier alpha value is -1.81. The molecule has 1 aromatic heterocycles. The monoisotopic (exact) mass is 314 g/mol. The van der Waals surface area contributed by atoms with E-state index in [0.717, 1.165) is 26.1 Å². The van der Waals surface area contributed by atoms with E-state index >= 15 is 0 Å². The number of aryl methyl sites for hydroxylation is 2. The summed E-state index contributed by atoms with van der Waals surface area (Å²) < 4.78 is 0. The third-order valence-corrected chi connectivity index (χ3v) is 5.26. The Morgan fingerprint density at radius 2 is 2.00 bits per heavy atom. The molecule has 4 heteroatoms. The van der Waals surface area contributed by atoms with Crippen molar-refractivity contribution in [3.63, 3.8) is 0 Å². The lowest BCUT2D eigenvalue weighted by Gasteiger charge is -2.21. The predicted molar refractivity (Wildman–Crippen MR) is 92.5 cm³/mol. The Kier molecular flexibility index (Phi) is 4.48. The van der Waals surface area contributed by atoms with Crippen molar-refractivity contribution in [3.8, 4) is 0 Å². The minimum Gasteiger partial charge on any atom is -0.373 e. The molecule has 0 saturated heterocycles. The quantitative estimate of drug-likeness (QED) is 0.866. The predicted octanol–water partition coefficient (Wildman–Crippen LogP) is 3.47. The molecule has 1 aliphatic rings. The molecule has 3 nitrogen and oxygen atoms in total. The van der Waals surface area contributed by atoms with Crippen molar-refractivity contribution in [2.45, 2.75) is 26.3 Å². The van der Waals surface area contributed by atoms with Crippen LogP contribution in [-0.4, -0.2) is 30.9 Å². The van der Waals surface area contributed by atoms with Gasteiger partial charge in [0.05, 0.1) is 0 Å². The molecule has 2 heterocycles. The summed E-state index contributed by atoms with van der Waals surface area (Å²) in [6, 6.07) is 12.6. The second-order valence-corrected chi connectivity index (χ2v) is 7.25. The van der Waals surface area contributed by atoms with E-state index in [2.05, 4.69) is 55.3 Å². The average Bonchev–Trinajstić information content (AvgIpc) is 2.86. The van der Waals surface area contributed by atoms with Gasteiger partial charge in [0.15, 0.2) is 0 Å². The van der Waals surface area contributed by atoms with E-state index in [0.29, 0.717) is 6.42 Å². The highest BCUT2D eigenvalue weighted by molar-refractivity contribution is 7.11.